The molecule has 0 heterocycles. The van der Waals surface area contributed by atoms with Gasteiger partial charge >= 0.3 is 0 Å². The van der Waals surface area contributed by atoms with Crippen molar-refractivity contribution in [3.8, 4) is 0 Å². The fourth-order valence-electron chi connectivity index (χ4n) is 1.31. The molecular weight excluding hydrogens is 252 g/mol. The number of halogens is 1. The average molecular weight is 271 g/mol. The zero-order chi connectivity index (χ0) is 12.8. The number of carbonyl (C=O) groups excluding carboxylic acids is 1. The van der Waals surface area contributed by atoms with E-state index in [4.69, 9.17) is 11.6 Å². The first-order valence-corrected chi connectivity index (χ1v) is 7.37. The van der Waals surface area contributed by atoms with Gasteiger partial charge in [-0.1, -0.05) is 32.9 Å². The summed E-state index contributed by atoms with van der Waals surface area (Å²) in [6, 6.07) is 7.79. The second-order valence-corrected chi connectivity index (χ2v) is 6.03. The largest absolute Gasteiger partial charge is 0.294 e. The minimum atomic E-state index is 0.192. The van der Waals surface area contributed by atoms with Crippen molar-refractivity contribution in [2.75, 3.05) is 5.75 Å². The Balaban J connectivity index is 2.54. The first-order valence-electron chi connectivity index (χ1n) is 5.94. The van der Waals surface area contributed by atoms with E-state index in [1.165, 1.54) is 4.90 Å². The van der Waals surface area contributed by atoms with Crippen LogP contribution in [0.4, 0.5) is 0 Å². The van der Waals surface area contributed by atoms with E-state index in [-0.39, 0.29) is 11.2 Å². The van der Waals surface area contributed by atoms with Crippen LogP contribution in [0.2, 0.25) is 0 Å². The van der Waals surface area contributed by atoms with Crippen LogP contribution in [0.1, 0.15) is 37.6 Å². The summed E-state index contributed by atoms with van der Waals surface area (Å²) in [5.41, 5.74) is 0.795. The van der Waals surface area contributed by atoms with Crippen LogP contribution in [0.25, 0.3) is 0 Å². The van der Waals surface area contributed by atoms with Gasteiger partial charge < -0.3 is 0 Å². The summed E-state index contributed by atoms with van der Waals surface area (Å²) in [6.45, 7) is 6.13. The van der Waals surface area contributed by atoms with Gasteiger partial charge in [0, 0.05) is 28.0 Å². The van der Waals surface area contributed by atoms with Crippen LogP contribution in [-0.2, 0) is 0 Å². The number of Topliss-reactive ketones (excluding diaryl/α,β-unsaturated/α-hetero) is 1. The average Bonchev–Trinajstić information content (AvgIpc) is 2.35. The second-order valence-electron chi connectivity index (χ2n) is 4.37. The molecule has 0 aromatic heterocycles. The van der Waals surface area contributed by atoms with Gasteiger partial charge in [-0.05, 0) is 18.1 Å². The van der Waals surface area contributed by atoms with E-state index in [0.717, 1.165) is 11.3 Å². The third-order valence-corrected chi connectivity index (χ3v) is 4.60. The maximum absolute atomic E-state index is 11.5. The van der Waals surface area contributed by atoms with Crippen LogP contribution in [0.15, 0.2) is 29.2 Å². The summed E-state index contributed by atoms with van der Waals surface area (Å²) < 4.78 is 0. The van der Waals surface area contributed by atoms with E-state index in [1.54, 1.807) is 11.8 Å². The Hall–Kier alpha value is -0.470. The predicted molar refractivity (Wildman–Crippen MR) is 76.3 cm³/mol. The van der Waals surface area contributed by atoms with Crippen LogP contribution in [-0.4, -0.2) is 16.9 Å². The molecule has 0 saturated carbocycles. The van der Waals surface area contributed by atoms with Crippen LogP contribution in [0.3, 0.4) is 0 Å². The molecule has 0 aliphatic carbocycles. The van der Waals surface area contributed by atoms with Crippen LogP contribution < -0.4 is 0 Å². The minimum Gasteiger partial charge on any atom is -0.294 e. The zero-order valence-corrected chi connectivity index (χ0v) is 12.1. The Morgan fingerprint density at radius 2 is 1.88 bits per heavy atom. The van der Waals surface area contributed by atoms with Gasteiger partial charge in [0.2, 0.25) is 0 Å². The predicted octanol–water partition coefficient (Wildman–Crippen LogP) is 4.63. The molecule has 94 valence electrons. The van der Waals surface area contributed by atoms with Crippen molar-refractivity contribution in [1.29, 1.82) is 0 Å². The van der Waals surface area contributed by atoms with Gasteiger partial charge in [-0.2, -0.15) is 0 Å². The zero-order valence-electron chi connectivity index (χ0n) is 10.6. The van der Waals surface area contributed by atoms with Gasteiger partial charge in [-0.15, -0.1) is 23.4 Å². The van der Waals surface area contributed by atoms with Gasteiger partial charge in [0.25, 0.3) is 0 Å². The molecule has 3 heteroatoms. The molecule has 0 bridgehead atoms. The fourth-order valence-corrected chi connectivity index (χ4v) is 2.56. The Labute approximate surface area is 113 Å². The number of thioether (sulfide) groups is 1. The standard InChI is InChI=1S/C14H19ClOS/c1-4-14(16)11-5-7-12(8-6-11)17-9-13(15)10(2)3/h5-8,10,13H,4,9H2,1-3H3. The van der Waals surface area contributed by atoms with Crippen molar-refractivity contribution in [3.05, 3.63) is 29.8 Å². The number of benzene rings is 1. The molecule has 1 aromatic rings. The summed E-state index contributed by atoms with van der Waals surface area (Å²) in [6.07, 6.45) is 0.559. The molecule has 1 nitrogen and oxygen atoms in total. The first kappa shape index (κ1) is 14.6. The van der Waals surface area contributed by atoms with Crippen LogP contribution >= 0.6 is 23.4 Å². The van der Waals surface area contributed by atoms with Crippen LogP contribution in [0, 0.1) is 5.92 Å². The van der Waals surface area contributed by atoms with Crippen LogP contribution in [0.5, 0.6) is 0 Å². The number of hydrogen-bond donors (Lipinski definition) is 0. The molecular formula is C14H19ClOS. The Morgan fingerprint density at radius 3 is 2.35 bits per heavy atom. The third-order valence-electron chi connectivity index (χ3n) is 2.63. The maximum Gasteiger partial charge on any atom is 0.162 e. The van der Waals surface area contributed by atoms with E-state index in [2.05, 4.69) is 13.8 Å². The topological polar surface area (TPSA) is 17.1 Å². The molecule has 17 heavy (non-hydrogen) atoms. The van der Waals surface area contributed by atoms with Gasteiger partial charge in [0.1, 0.15) is 0 Å². The quantitative estimate of drug-likeness (QED) is 0.426. The lowest BCUT2D eigenvalue weighted by molar-refractivity contribution is 0.0988. The molecule has 1 unspecified atom stereocenters. The Morgan fingerprint density at radius 1 is 1.29 bits per heavy atom. The second kappa shape index (κ2) is 7.07. The summed E-state index contributed by atoms with van der Waals surface area (Å²) in [4.78, 5) is 12.6. The maximum atomic E-state index is 11.5. The summed E-state index contributed by atoms with van der Waals surface area (Å²) >= 11 is 7.94. The van der Waals surface area contributed by atoms with Crippen molar-refractivity contribution in [3.63, 3.8) is 0 Å². The summed E-state index contributed by atoms with van der Waals surface area (Å²) in [7, 11) is 0. The minimum absolute atomic E-state index is 0.192. The van der Waals surface area contributed by atoms with Crippen molar-refractivity contribution in [1.82, 2.24) is 0 Å². The van der Waals surface area contributed by atoms with E-state index < -0.39 is 0 Å². The highest BCUT2D eigenvalue weighted by molar-refractivity contribution is 7.99. The Kier molecular flexibility index (Phi) is 6.07. The van der Waals surface area contributed by atoms with Crippen molar-refractivity contribution in [2.24, 2.45) is 5.92 Å². The van der Waals surface area contributed by atoms with Gasteiger partial charge in [0.05, 0.1) is 0 Å². The van der Waals surface area contributed by atoms with Gasteiger partial charge in [0.15, 0.2) is 5.78 Å². The molecule has 0 spiro atoms. The number of alkyl halides is 1. The number of rotatable bonds is 6. The van der Waals surface area contributed by atoms with E-state index in [1.807, 2.05) is 31.2 Å². The van der Waals surface area contributed by atoms with E-state index in [9.17, 15) is 4.79 Å². The number of carbonyl (C=O) groups is 1. The van der Waals surface area contributed by atoms with Gasteiger partial charge in [-0.3, -0.25) is 4.79 Å². The molecule has 1 aromatic carbocycles. The highest BCUT2D eigenvalue weighted by Crippen LogP contribution is 2.24. The highest BCUT2D eigenvalue weighted by atomic mass is 35.5. The number of ketones is 1. The van der Waals surface area contributed by atoms with Crippen molar-refractivity contribution >= 4 is 29.1 Å². The fraction of sp³-hybridized carbons (Fsp3) is 0.500. The highest BCUT2D eigenvalue weighted by Gasteiger charge is 2.10. The normalized spacial score (nSPS) is 12.8. The molecule has 0 aliphatic heterocycles. The van der Waals surface area contributed by atoms with Crippen molar-refractivity contribution < 1.29 is 4.79 Å². The molecule has 0 aliphatic rings. The molecule has 0 fully saturated rings. The van der Waals surface area contributed by atoms with E-state index in [0.29, 0.717) is 12.3 Å². The molecule has 0 N–H and O–H groups in total. The molecule has 1 rings (SSSR count). The SMILES string of the molecule is CCC(=O)c1ccc(SCC(Cl)C(C)C)cc1. The lowest BCUT2D eigenvalue weighted by Crippen LogP contribution is -2.10. The first-order chi connectivity index (χ1) is 8.04. The third kappa shape index (κ3) is 4.72. The molecule has 0 radical (unpaired) electrons. The summed E-state index contributed by atoms with van der Waals surface area (Å²) in [5, 5.41) is 0.192. The van der Waals surface area contributed by atoms with E-state index >= 15 is 0 Å². The molecule has 0 saturated heterocycles. The summed E-state index contributed by atoms with van der Waals surface area (Å²) in [5.74, 6) is 1.59. The smallest absolute Gasteiger partial charge is 0.162 e. The molecule has 0 amide bonds. The van der Waals surface area contributed by atoms with Gasteiger partial charge in [-0.25, -0.2) is 0 Å². The number of hydrogen-bond acceptors (Lipinski definition) is 2. The lowest BCUT2D eigenvalue weighted by Gasteiger charge is -2.12. The lowest BCUT2D eigenvalue weighted by atomic mass is 10.1. The monoisotopic (exact) mass is 270 g/mol. The molecule has 1 atom stereocenters. The van der Waals surface area contributed by atoms with Crippen molar-refractivity contribution in [2.45, 2.75) is 37.5 Å². The Bertz CT molecular complexity index is 359.